The normalized spacial score (nSPS) is 15.6. The van der Waals surface area contributed by atoms with Crippen molar-refractivity contribution in [3.05, 3.63) is 54.1 Å². The monoisotopic (exact) mass is 283 g/mol. The summed E-state index contributed by atoms with van der Waals surface area (Å²) < 4.78 is 5.36. The summed E-state index contributed by atoms with van der Waals surface area (Å²) in [6.07, 6.45) is 3.35. The third-order valence-electron chi connectivity index (χ3n) is 3.59. The van der Waals surface area contributed by atoms with E-state index in [-0.39, 0.29) is 5.91 Å². The van der Waals surface area contributed by atoms with Crippen LogP contribution < -0.4 is 5.32 Å². The summed E-state index contributed by atoms with van der Waals surface area (Å²) in [5, 5.41) is 2.83. The van der Waals surface area contributed by atoms with Crippen LogP contribution in [0.5, 0.6) is 0 Å². The summed E-state index contributed by atoms with van der Waals surface area (Å²) in [5.74, 6) is 0.141. The fourth-order valence-electron chi connectivity index (χ4n) is 2.43. The highest BCUT2D eigenvalue weighted by molar-refractivity contribution is 6.02. The number of hydrogen-bond donors (Lipinski definition) is 1. The number of carbonyl (C=O) groups excluding carboxylic acids is 1. The van der Waals surface area contributed by atoms with Crippen molar-refractivity contribution in [2.45, 2.75) is 18.8 Å². The Kier molecular flexibility index (Phi) is 4.21. The molecule has 1 aliphatic rings. The van der Waals surface area contributed by atoms with Gasteiger partial charge in [-0.3, -0.25) is 4.79 Å². The fraction of sp³-hybridized carbons (Fsp3) is 0.312. The standard InChI is InChI=1S/C16H17N3O2/c20-16(19-13-4-2-1-3-5-13)15-10-14(17-11-18-15)12-6-8-21-9-7-12/h1-5,10-12H,6-9H2,(H,19,20). The molecule has 0 aliphatic carbocycles. The van der Waals surface area contributed by atoms with Gasteiger partial charge in [-0.1, -0.05) is 18.2 Å². The quantitative estimate of drug-likeness (QED) is 0.940. The molecule has 1 saturated heterocycles. The summed E-state index contributed by atoms with van der Waals surface area (Å²) in [6, 6.07) is 11.1. The number of aromatic nitrogens is 2. The van der Waals surface area contributed by atoms with Crippen molar-refractivity contribution in [2.24, 2.45) is 0 Å². The van der Waals surface area contributed by atoms with E-state index in [0.29, 0.717) is 11.6 Å². The lowest BCUT2D eigenvalue weighted by atomic mass is 9.96. The molecule has 3 rings (SSSR count). The van der Waals surface area contributed by atoms with E-state index in [9.17, 15) is 4.79 Å². The van der Waals surface area contributed by atoms with Crippen LogP contribution in [0.15, 0.2) is 42.7 Å². The van der Waals surface area contributed by atoms with Crippen LogP contribution >= 0.6 is 0 Å². The molecule has 21 heavy (non-hydrogen) atoms. The zero-order chi connectivity index (χ0) is 14.5. The number of anilines is 1. The summed E-state index contributed by atoms with van der Waals surface area (Å²) in [6.45, 7) is 1.50. The minimum absolute atomic E-state index is 0.211. The molecule has 0 bridgehead atoms. The van der Waals surface area contributed by atoms with Gasteiger partial charge in [-0.25, -0.2) is 9.97 Å². The second-order valence-electron chi connectivity index (χ2n) is 5.03. The number of nitrogens with one attached hydrogen (secondary N) is 1. The molecule has 1 aliphatic heterocycles. The molecule has 0 radical (unpaired) electrons. The molecule has 2 aromatic rings. The lowest BCUT2D eigenvalue weighted by Crippen LogP contribution is -2.18. The smallest absolute Gasteiger partial charge is 0.274 e. The van der Waals surface area contributed by atoms with Crippen LogP contribution in [0.25, 0.3) is 0 Å². The molecule has 0 unspecified atom stereocenters. The Morgan fingerprint density at radius 2 is 1.90 bits per heavy atom. The summed E-state index contributed by atoms with van der Waals surface area (Å²) in [7, 11) is 0. The van der Waals surface area contributed by atoms with Gasteiger partial charge in [0.05, 0.1) is 0 Å². The first-order valence-electron chi connectivity index (χ1n) is 7.09. The second kappa shape index (κ2) is 6.45. The first kappa shape index (κ1) is 13.7. The van der Waals surface area contributed by atoms with E-state index in [1.807, 2.05) is 30.3 Å². The number of ether oxygens (including phenoxy) is 1. The minimum Gasteiger partial charge on any atom is -0.381 e. The second-order valence-corrected chi connectivity index (χ2v) is 5.03. The molecule has 108 valence electrons. The van der Waals surface area contributed by atoms with Crippen molar-refractivity contribution in [1.29, 1.82) is 0 Å². The number of hydrogen-bond acceptors (Lipinski definition) is 4. The highest BCUT2D eigenvalue weighted by Gasteiger charge is 2.19. The molecule has 1 amide bonds. The molecule has 5 nitrogen and oxygen atoms in total. The highest BCUT2D eigenvalue weighted by atomic mass is 16.5. The van der Waals surface area contributed by atoms with Crippen LogP contribution in [0.2, 0.25) is 0 Å². The highest BCUT2D eigenvalue weighted by Crippen LogP contribution is 2.25. The zero-order valence-electron chi connectivity index (χ0n) is 11.7. The van der Waals surface area contributed by atoms with Gasteiger partial charge in [-0.15, -0.1) is 0 Å². The molecule has 0 spiro atoms. The topological polar surface area (TPSA) is 64.1 Å². The SMILES string of the molecule is O=C(Nc1ccccc1)c1cc(C2CCOCC2)ncn1. The van der Waals surface area contributed by atoms with Crippen molar-refractivity contribution in [1.82, 2.24) is 9.97 Å². The summed E-state index contributed by atoms with van der Waals surface area (Å²) >= 11 is 0. The van der Waals surface area contributed by atoms with Gasteiger partial charge in [0, 0.05) is 30.5 Å². The van der Waals surface area contributed by atoms with Crippen molar-refractivity contribution < 1.29 is 9.53 Å². The van der Waals surface area contributed by atoms with Gasteiger partial charge in [0.2, 0.25) is 0 Å². The average molecular weight is 283 g/mol. The fourth-order valence-corrected chi connectivity index (χ4v) is 2.43. The maximum Gasteiger partial charge on any atom is 0.274 e. The maximum atomic E-state index is 12.2. The van der Waals surface area contributed by atoms with Crippen LogP contribution in [0, 0.1) is 0 Å². The van der Waals surface area contributed by atoms with E-state index >= 15 is 0 Å². The van der Waals surface area contributed by atoms with Crippen molar-refractivity contribution in [2.75, 3.05) is 18.5 Å². The Morgan fingerprint density at radius 1 is 1.14 bits per heavy atom. The average Bonchev–Trinajstić information content (AvgIpc) is 2.57. The maximum absolute atomic E-state index is 12.2. The molecule has 0 saturated carbocycles. The van der Waals surface area contributed by atoms with Crippen LogP contribution in [-0.2, 0) is 4.74 Å². The van der Waals surface area contributed by atoms with E-state index in [1.54, 1.807) is 6.07 Å². The van der Waals surface area contributed by atoms with Crippen molar-refractivity contribution in [3.8, 4) is 0 Å². The molecule has 5 heteroatoms. The van der Waals surface area contributed by atoms with Crippen molar-refractivity contribution in [3.63, 3.8) is 0 Å². The van der Waals surface area contributed by atoms with Crippen LogP contribution in [0.4, 0.5) is 5.69 Å². The van der Waals surface area contributed by atoms with E-state index in [4.69, 9.17) is 4.74 Å². The van der Waals surface area contributed by atoms with Crippen molar-refractivity contribution >= 4 is 11.6 Å². The Bertz CT molecular complexity index is 610. The summed E-state index contributed by atoms with van der Waals surface area (Å²) in [4.78, 5) is 20.6. The number of nitrogens with zero attached hydrogens (tertiary/aromatic N) is 2. The number of para-hydroxylation sites is 1. The Morgan fingerprint density at radius 3 is 2.67 bits per heavy atom. The van der Waals surface area contributed by atoms with Gasteiger partial charge in [-0.2, -0.15) is 0 Å². The Labute approximate surface area is 123 Å². The molecule has 1 aromatic carbocycles. The van der Waals surface area contributed by atoms with Gasteiger partial charge < -0.3 is 10.1 Å². The molecular formula is C16H17N3O2. The predicted molar refractivity (Wildman–Crippen MR) is 79.2 cm³/mol. The number of carbonyl (C=O) groups is 1. The number of amides is 1. The van der Waals surface area contributed by atoms with Gasteiger partial charge in [0.1, 0.15) is 12.0 Å². The van der Waals surface area contributed by atoms with E-state index < -0.39 is 0 Å². The molecule has 1 aromatic heterocycles. The third kappa shape index (κ3) is 3.44. The van der Waals surface area contributed by atoms with E-state index in [1.165, 1.54) is 6.33 Å². The van der Waals surface area contributed by atoms with Gasteiger partial charge in [0.25, 0.3) is 5.91 Å². The first-order valence-corrected chi connectivity index (χ1v) is 7.09. The lowest BCUT2D eigenvalue weighted by Gasteiger charge is -2.21. The first-order chi connectivity index (χ1) is 10.3. The largest absolute Gasteiger partial charge is 0.381 e. The van der Waals surface area contributed by atoms with Gasteiger partial charge in [0.15, 0.2) is 0 Å². The molecule has 2 heterocycles. The van der Waals surface area contributed by atoms with Crippen LogP contribution in [-0.4, -0.2) is 29.1 Å². The molecule has 1 N–H and O–H groups in total. The van der Waals surface area contributed by atoms with Crippen LogP contribution in [0.3, 0.4) is 0 Å². The molecular weight excluding hydrogens is 266 g/mol. The van der Waals surface area contributed by atoms with E-state index in [2.05, 4.69) is 15.3 Å². The summed E-state index contributed by atoms with van der Waals surface area (Å²) in [5.41, 5.74) is 2.08. The Balaban J connectivity index is 1.74. The minimum atomic E-state index is -0.211. The molecule has 1 fully saturated rings. The number of benzene rings is 1. The Hall–Kier alpha value is -2.27. The molecule has 0 atom stereocenters. The van der Waals surface area contributed by atoms with E-state index in [0.717, 1.165) is 37.4 Å². The predicted octanol–water partition coefficient (Wildman–Crippen LogP) is 2.62. The van der Waals surface area contributed by atoms with Gasteiger partial charge in [-0.05, 0) is 31.0 Å². The number of rotatable bonds is 3. The van der Waals surface area contributed by atoms with Gasteiger partial charge >= 0.3 is 0 Å². The lowest BCUT2D eigenvalue weighted by molar-refractivity contribution is 0.0844. The zero-order valence-corrected chi connectivity index (χ0v) is 11.7. The third-order valence-corrected chi connectivity index (χ3v) is 3.59. The van der Waals surface area contributed by atoms with Crippen LogP contribution in [0.1, 0.15) is 34.9 Å².